The van der Waals surface area contributed by atoms with Gasteiger partial charge in [0.05, 0.1) is 10.9 Å². The summed E-state index contributed by atoms with van der Waals surface area (Å²) in [5.41, 5.74) is 1.78. The van der Waals surface area contributed by atoms with Crippen LogP contribution in [0.4, 0.5) is 0 Å². The maximum Gasteiger partial charge on any atom is 0.261 e. The first-order chi connectivity index (χ1) is 10.7. The van der Waals surface area contributed by atoms with Crippen molar-refractivity contribution in [3.05, 3.63) is 65.0 Å². The van der Waals surface area contributed by atoms with Gasteiger partial charge < -0.3 is 0 Å². The molecule has 0 bridgehead atoms. The van der Waals surface area contributed by atoms with E-state index in [0.29, 0.717) is 17.8 Å². The van der Waals surface area contributed by atoms with Gasteiger partial charge in [0.15, 0.2) is 0 Å². The third kappa shape index (κ3) is 2.80. The first kappa shape index (κ1) is 14.5. The molecule has 0 spiro atoms. The third-order valence-corrected chi connectivity index (χ3v) is 3.82. The summed E-state index contributed by atoms with van der Waals surface area (Å²) in [5, 5.41) is 0.686. The van der Waals surface area contributed by atoms with Crippen molar-refractivity contribution in [1.29, 1.82) is 0 Å². The Morgan fingerprint density at radius 2 is 1.68 bits per heavy atom. The lowest BCUT2D eigenvalue weighted by Gasteiger charge is -2.14. The molecule has 0 unspecified atom stereocenters. The van der Waals surface area contributed by atoms with Crippen molar-refractivity contribution in [3.63, 3.8) is 0 Å². The van der Waals surface area contributed by atoms with Crippen LogP contribution in [0.2, 0.25) is 0 Å². The summed E-state index contributed by atoms with van der Waals surface area (Å²) in [6.07, 6.45) is 0.958. The van der Waals surface area contributed by atoms with Gasteiger partial charge in [-0.15, -0.1) is 0 Å². The summed E-state index contributed by atoms with van der Waals surface area (Å²) in [6, 6.07) is 17.5. The highest BCUT2D eigenvalue weighted by atomic mass is 16.1. The molecule has 3 rings (SSSR count). The monoisotopic (exact) mass is 292 g/mol. The maximum absolute atomic E-state index is 12.9. The zero-order valence-electron chi connectivity index (χ0n) is 13.0. The fourth-order valence-electron chi connectivity index (χ4n) is 2.57. The topological polar surface area (TPSA) is 34.9 Å². The van der Waals surface area contributed by atoms with Crippen LogP contribution in [0.5, 0.6) is 0 Å². The number of fused-ring (bicyclic) bond motifs is 1. The molecule has 0 N–H and O–H groups in total. The molecule has 0 aliphatic heterocycles. The molecular formula is C19H20N2O. The molecule has 1 heterocycles. The molecule has 0 saturated carbocycles. The van der Waals surface area contributed by atoms with Gasteiger partial charge in [0.1, 0.15) is 5.82 Å². The lowest BCUT2D eigenvalue weighted by Crippen LogP contribution is -2.24. The molecule has 0 radical (unpaired) electrons. The smallest absolute Gasteiger partial charge is 0.261 e. The Labute approximate surface area is 130 Å². The van der Waals surface area contributed by atoms with Gasteiger partial charge in [-0.05, 0) is 24.5 Å². The largest absolute Gasteiger partial charge is 0.292 e. The van der Waals surface area contributed by atoms with Crippen LogP contribution in [0.25, 0.3) is 22.3 Å². The van der Waals surface area contributed by atoms with E-state index < -0.39 is 0 Å². The van der Waals surface area contributed by atoms with Crippen molar-refractivity contribution in [1.82, 2.24) is 9.55 Å². The zero-order chi connectivity index (χ0) is 15.5. The average Bonchev–Trinajstić information content (AvgIpc) is 2.54. The van der Waals surface area contributed by atoms with Crippen molar-refractivity contribution in [2.24, 2.45) is 5.92 Å². The van der Waals surface area contributed by atoms with E-state index in [4.69, 9.17) is 4.98 Å². The Morgan fingerprint density at radius 1 is 1.00 bits per heavy atom. The van der Waals surface area contributed by atoms with Gasteiger partial charge in [-0.2, -0.15) is 0 Å². The van der Waals surface area contributed by atoms with Gasteiger partial charge in [-0.3, -0.25) is 9.36 Å². The van der Waals surface area contributed by atoms with Crippen molar-refractivity contribution < 1.29 is 0 Å². The van der Waals surface area contributed by atoms with Gasteiger partial charge >= 0.3 is 0 Å². The van der Waals surface area contributed by atoms with E-state index in [1.165, 1.54) is 0 Å². The Morgan fingerprint density at radius 3 is 2.41 bits per heavy atom. The fraction of sp³-hybridized carbons (Fsp3) is 0.263. The number of nitrogens with zero attached hydrogens (tertiary/aromatic N) is 2. The van der Waals surface area contributed by atoms with E-state index in [2.05, 4.69) is 13.8 Å². The standard InChI is InChI=1S/C19H20N2O/c1-14(2)12-13-21-18(15-8-4-3-5-9-15)20-17-11-7-6-10-16(17)19(21)22/h3-11,14H,12-13H2,1-2H3. The van der Waals surface area contributed by atoms with Crippen LogP contribution in [0, 0.1) is 5.92 Å². The van der Waals surface area contributed by atoms with Crippen LogP contribution >= 0.6 is 0 Å². The normalized spacial score (nSPS) is 11.2. The third-order valence-electron chi connectivity index (χ3n) is 3.82. The lowest BCUT2D eigenvalue weighted by molar-refractivity contribution is 0.509. The molecule has 0 fully saturated rings. The van der Waals surface area contributed by atoms with E-state index >= 15 is 0 Å². The number of hydrogen-bond acceptors (Lipinski definition) is 2. The van der Waals surface area contributed by atoms with E-state index in [1.807, 2.05) is 59.2 Å². The summed E-state index contributed by atoms with van der Waals surface area (Å²) < 4.78 is 1.82. The van der Waals surface area contributed by atoms with Crippen molar-refractivity contribution >= 4 is 10.9 Å². The number of benzene rings is 2. The van der Waals surface area contributed by atoms with E-state index in [0.717, 1.165) is 23.3 Å². The molecule has 0 aliphatic rings. The number of rotatable bonds is 4. The Balaban J connectivity index is 2.24. The molecule has 22 heavy (non-hydrogen) atoms. The van der Waals surface area contributed by atoms with Crippen molar-refractivity contribution in [2.75, 3.05) is 0 Å². The van der Waals surface area contributed by atoms with Gasteiger partial charge in [-0.1, -0.05) is 56.3 Å². The Hall–Kier alpha value is -2.42. The highest BCUT2D eigenvalue weighted by molar-refractivity contribution is 5.79. The maximum atomic E-state index is 12.9. The van der Waals surface area contributed by atoms with Gasteiger partial charge in [0, 0.05) is 12.1 Å². The summed E-state index contributed by atoms with van der Waals surface area (Å²) in [7, 11) is 0. The second-order valence-corrected chi connectivity index (χ2v) is 5.96. The summed E-state index contributed by atoms with van der Waals surface area (Å²) in [5.74, 6) is 1.30. The molecule has 1 aromatic heterocycles. The highest BCUT2D eigenvalue weighted by Gasteiger charge is 2.12. The average molecular weight is 292 g/mol. The summed E-state index contributed by atoms with van der Waals surface area (Å²) in [6.45, 7) is 5.03. The minimum absolute atomic E-state index is 0.0464. The van der Waals surface area contributed by atoms with Gasteiger partial charge in [0.2, 0.25) is 0 Å². The molecule has 0 amide bonds. The summed E-state index contributed by atoms with van der Waals surface area (Å²) >= 11 is 0. The van der Waals surface area contributed by atoms with Crippen LogP contribution in [-0.2, 0) is 6.54 Å². The first-order valence-electron chi connectivity index (χ1n) is 7.72. The predicted octanol–water partition coefficient (Wildman–Crippen LogP) is 4.11. The SMILES string of the molecule is CC(C)CCn1c(-c2ccccc2)nc2ccccc2c1=O. The van der Waals surface area contributed by atoms with Crippen LogP contribution in [0.1, 0.15) is 20.3 Å². The fourth-order valence-corrected chi connectivity index (χ4v) is 2.57. The molecule has 0 atom stereocenters. The molecular weight excluding hydrogens is 272 g/mol. The molecule has 112 valence electrons. The molecule has 3 nitrogen and oxygen atoms in total. The van der Waals surface area contributed by atoms with E-state index in [-0.39, 0.29) is 5.56 Å². The van der Waals surface area contributed by atoms with Crippen LogP contribution in [0.3, 0.4) is 0 Å². The van der Waals surface area contributed by atoms with Crippen molar-refractivity contribution in [3.8, 4) is 11.4 Å². The quantitative estimate of drug-likeness (QED) is 0.725. The number of hydrogen-bond donors (Lipinski definition) is 0. The second kappa shape index (κ2) is 6.14. The molecule has 0 aliphatic carbocycles. The van der Waals surface area contributed by atoms with Crippen LogP contribution < -0.4 is 5.56 Å². The first-order valence-corrected chi connectivity index (χ1v) is 7.72. The van der Waals surface area contributed by atoms with Gasteiger partial charge in [-0.25, -0.2) is 4.98 Å². The zero-order valence-corrected chi connectivity index (χ0v) is 13.0. The Bertz CT molecular complexity index is 835. The minimum atomic E-state index is 0.0464. The van der Waals surface area contributed by atoms with Crippen LogP contribution in [-0.4, -0.2) is 9.55 Å². The Kier molecular flexibility index (Phi) is 4.05. The highest BCUT2D eigenvalue weighted by Crippen LogP contribution is 2.19. The van der Waals surface area contributed by atoms with Gasteiger partial charge in [0.25, 0.3) is 5.56 Å². The number of para-hydroxylation sites is 1. The molecule has 2 aromatic carbocycles. The van der Waals surface area contributed by atoms with E-state index in [9.17, 15) is 4.79 Å². The van der Waals surface area contributed by atoms with E-state index in [1.54, 1.807) is 0 Å². The minimum Gasteiger partial charge on any atom is -0.292 e. The second-order valence-electron chi connectivity index (χ2n) is 5.96. The van der Waals surface area contributed by atoms with Crippen molar-refractivity contribution in [2.45, 2.75) is 26.8 Å². The molecule has 3 aromatic rings. The predicted molar refractivity (Wildman–Crippen MR) is 90.9 cm³/mol. The molecule has 0 saturated heterocycles. The number of aromatic nitrogens is 2. The molecule has 3 heteroatoms. The summed E-state index contributed by atoms with van der Waals surface area (Å²) in [4.78, 5) is 17.6. The lowest BCUT2D eigenvalue weighted by atomic mass is 10.1. The van der Waals surface area contributed by atoms with Crippen LogP contribution in [0.15, 0.2) is 59.4 Å².